The van der Waals surface area contributed by atoms with E-state index in [1.165, 1.54) is 83.5 Å². The molecule has 0 aromatic heterocycles. The Hall–Kier alpha value is -0.160. The first-order valence-electron chi connectivity index (χ1n) is 9.44. The summed E-state index contributed by atoms with van der Waals surface area (Å²) in [6.07, 6.45) is 18.7. The van der Waals surface area contributed by atoms with Gasteiger partial charge in [-0.25, -0.2) is 0 Å². The van der Waals surface area contributed by atoms with E-state index in [1.807, 2.05) is 0 Å². The zero-order valence-corrected chi connectivity index (χ0v) is 14.7. The van der Waals surface area contributed by atoms with Crippen molar-refractivity contribution in [2.45, 2.75) is 103 Å². The molecule has 0 atom stereocenters. The molecular weight excluding hydrogens is 278 g/mol. The molecule has 0 spiro atoms. The zero-order chi connectivity index (χ0) is 16.5. The fourth-order valence-electron chi connectivity index (χ4n) is 2.70. The summed E-state index contributed by atoms with van der Waals surface area (Å²) in [7, 11) is 0. The van der Waals surface area contributed by atoms with Crippen molar-refractivity contribution in [3.8, 4) is 0 Å². The van der Waals surface area contributed by atoms with Gasteiger partial charge in [0.05, 0.1) is 6.54 Å². The number of rotatable bonds is 17. The fourth-order valence-corrected chi connectivity index (χ4v) is 2.70. The third kappa shape index (κ3) is 19.8. The Kier molecular flexibility index (Phi) is 15.6. The van der Waals surface area contributed by atoms with Gasteiger partial charge in [-0.05, 0) is 13.0 Å². The fraction of sp³-hybridized carbons (Fsp3) is 1.00. The van der Waals surface area contributed by atoms with E-state index < -0.39 is 5.97 Å². The van der Waals surface area contributed by atoms with Crippen LogP contribution in [0.15, 0.2) is 0 Å². The monoisotopic (exact) mass is 317 g/mol. The van der Waals surface area contributed by atoms with Crippen LogP contribution in [0.5, 0.6) is 0 Å². The first-order chi connectivity index (χ1) is 10.6. The molecule has 134 valence electrons. The van der Waals surface area contributed by atoms with Crippen molar-refractivity contribution >= 4 is 0 Å². The average Bonchev–Trinajstić information content (AvgIpc) is 2.45. The van der Waals surface area contributed by atoms with Crippen LogP contribution in [-0.2, 0) is 0 Å². The number of unbranched alkanes of at least 4 members (excludes halogenated alkanes) is 13. The summed E-state index contributed by atoms with van der Waals surface area (Å²) in [5, 5.41) is 28.9. The van der Waals surface area contributed by atoms with E-state index in [-0.39, 0.29) is 6.54 Å². The minimum Gasteiger partial charge on any atom is -0.343 e. The summed E-state index contributed by atoms with van der Waals surface area (Å²) >= 11 is 0. The number of aliphatic hydroxyl groups is 3. The molecule has 4 nitrogen and oxygen atoms in total. The number of hydrogen-bond donors (Lipinski definition) is 4. The molecule has 0 unspecified atom stereocenters. The molecule has 0 saturated heterocycles. The molecule has 0 heterocycles. The highest BCUT2D eigenvalue weighted by Gasteiger charge is 2.16. The molecule has 0 aromatic rings. The highest BCUT2D eigenvalue weighted by molar-refractivity contribution is 4.54. The van der Waals surface area contributed by atoms with Crippen LogP contribution in [0.2, 0.25) is 0 Å². The normalized spacial score (nSPS) is 12.0. The molecule has 0 aliphatic heterocycles. The summed E-state index contributed by atoms with van der Waals surface area (Å²) in [5.41, 5.74) is 0. The Bertz CT molecular complexity index is 217. The van der Waals surface area contributed by atoms with Gasteiger partial charge < -0.3 is 20.6 Å². The second-order valence-electron chi connectivity index (χ2n) is 6.55. The number of hydrogen-bond acceptors (Lipinski definition) is 4. The molecule has 0 radical (unpaired) electrons. The van der Waals surface area contributed by atoms with Crippen LogP contribution in [0, 0.1) is 0 Å². The Morgan fingerprint density at radius 2 is 0.955 bits per heavy atom. The number of nitrogens with one attached hydrogen (secondary N) is 1. The molecule has 0 rings (SSSR count). The van der Waals surface area contributed by atoms with E-state index in [2.05, 4.69) is 12.2 Å². The van der Waals surface area contributed by atoms with Gasteiger partial charge in [0.25, 0.3) is 5.97 Å². The third-order valence-corrected chi connectivity index (χ3v) is 4.07. The van der Waals surface area contributed by atoms with Crippen LogP contribution < -0.4 is 5.32 Å². The zero-order valence-electron chi connectivity index (χ0n) is 14.7. The lowest BCUT2D eigenvalue weighted by molar-refractivity contribution is -0.306. The van der Waals surface area contributed by atoms with Gasteiger partial charge in [-0.2, -0.15) is 0 Å². The lowest BCUT2D eigenvalue weighted by Crippen LogP contribution is -2.40. The van der Waals surface area contributed by atoms with Gasteiger partial charge >= 0.3 is 0 Å². The first-order valence-corrected chi connectivity index (χ1v) is 9.44. The third-order valence-electron chi connectivity index (χ3n) is 4.07. The SMILES string of the molecule is CCCCCCCCCCCCCCCCNCC(O)(O)O. The molecule has 4 N–H and O–H groups in total. The molecule has 0 aliphatic rings. The van der Waals surface area contributed by atoms with Crippen molar-refractivity contribution in [3.05, 3.63) is 0 Å². The van der Waals surface area contributed by atoms with Crippen molar-refractivity contribution in [2.24, 2.45) is 0 Å². The minimum absolute atomic E-state index is 0.189. The van der Waals surface area contributed by atoms with E-state index in [0.717, 1.165) is 13.0 Å². The molecule has 0 amide bonds. The molecule has 4 heteroatoms. The van der Waals surface area contributed by atoms with Crippen molar-refractivity contribution in [2.75, 3.05) is 13.1 Å². The summed E-state index contributed by atoms with van der Waals surface area (Å²) in [4.78, 5) is 0. The lowest BCUT2D eigenvalue weighted by atomic mass is 10.0. The quantitative estimate of drug-likeness (QED) is 0.244. The van der Waals surface area contributed by atoms with Crippen LogP contribution in [-0.4, -0.2) is 34.4 Å². The Morgan fingerprint density at radius 1 is 0.591 bits per heavy atom. The van der Waals surface area contributed by atoms with Gasteiger partial charge in [0, 0.05) is 0 Å². The first kappa shape index (κ1) is 21.8. The van der Waals surface area contributed by atoms with Gasteiger partial charge in [0.2, 0.25) is 0 Å². The molecule has 0 saturated carbocycles. The maximum absolute atomic E-state index is 8.68. The van der Waals surface area contributed by atoms with Gasteiger partial charge in [-0.3, -0.25) is 0 Å². The molecule has 0 aliphatic carbocycles. The Morgan fingerprint density at radius 3 is 1.32 bits per heavy atom. The molecule has 22 heavy (non-hydrogen) atoms. The lowest BCUT2D eigenvalue weighted by Gasteiger charge is -2.14. The highest BCUT2D eigenvalue weighted by Crippen LogP contribution is 2.12. The summed E-state index contributed by atoms with van der Waals surface area (Å²) < 4.78 is 0. The van der Waals surface area contributed by atoms with Gasteiger partial charge in [-0.15, -0.1) is 0 Å². The molecule has 0 fully saturated rings. The van der Waals surface area contributed by atoms with Crippen LogP contribution in [0.3, 0.4) is 0 Å². The van der Waals surface area contributed by atoms with Crippen LogP contribution in [0.1, 0.15) is 96.8 Å². The predicted molar refractivity (Wildman–Crippen MR) is 92.6 cm³/mol. The minimum atomic E-state index is -2.57. The van der Waals surface area contributed by atoms with Crippen LogP contribution in [0.4, 0.5) is 0 Å². The highest BCUT2D eigenvalue weighted by atomic mass is 16.7. The predicted octanol–water partition coefficient (Wildman–Crippen LogP) is 3.69. The smallest absolute Gasteiger partial charge is 0.288 e. The van der Waals surface area contributed by atoms with Crippen molar-refractivity contribution in [1.29, 1.82) is 0 Å². The van der Waals surface area contributed by atoms with Gasteiger partial charge in [0.1, 0.15) is 0 Å². The van der Waals surface area contributed by atoms with E-state index in [9.17, 15) is 0 Å². The van der Waals surface area contributed by atoms with E-state index >= 15 is 0 Å². The van der Waals surface area contributed by atoms with E-state index in [4.69, 9.17) is 15.3 Å². The van der Waals surface area contributed by atoms with Crippen LogP contribution in [0.25, 0.3) is 0 Å². The second kappa shape index (κ2) is 15.7. The standard InChI is InChI=1S/C18H39NO3/c1-2-3-4-5-6-7-8-9-10-11-12-13-14-15-16-19-17-18(20,21)22/h19-22H,2-17H2,1H3. The van der Waals surface area contributed by atoms with E-state index in [1.54, 1.807) is 0 Å². The Balaban J connectivity index is 3.00. The van der Waals surface area contributed by atoms with E-state index in [0.29, 0.717) is 0 Å². The maximum Gasteiger partial charge on any atom is 0.288 e. The molecule has 0 aromatic carbocycles. The van der Waals surface area contributed by atoms with Gasteiger partial charge in [0.15, 0.2) is 0 Å². The topological polar surface area (TPSA) is 72.7 Å². The molecule has 0 bridgehead atoms. The Labute approximate surface area is 137 Å². The second-order valence-corrected chi connectivity index (χ2v) is 6.55. The van der Waals surface area contributed by atoms with Gasteiger partial charge in [-0.1, -0.05) is 90.4 Å². The van der Waals surface area contributed by atoms with Crippen molar-refractivity contribution in [1.82, 2.24) is 5.32 Å². The summed E-state index contributed by atoms with van der Waals surface area (Å²) in [6, 6.07) is 0. The van der Waals surface area contributed by atoms with Crippen molar-refractivity contribution < 1.29 is 15.3 Å². The average molecular weight is 318 g/mol. The van der Waals surface area contributed by atoms with Crippen molar-refractivity contribution in [3.63, 3.8) is 0 Å². The summed E-state index contributed by atoms with van der Waals surface area (Å²) in [5.74, 6) is -2.57. The summed E-state index contributed by atoms with van der Waals surface area (Å²) in [6.45, 7) is 2.80. The maximum atomic E-state index is 8.68. The molecular formula is C18H39NO3. The van der Waals surface area contributed by atoms with Crippen LogP contribution >= 0.6 is 0 Å². The largest absolute Gasteiger partial charge is 0.343 e.